The first-order valence-corrected chi connectivity index (χ1v) is 9.33. The predicted molar refractivity (Wildman–Crippen MR) is 106 cm³/mol. The van der Waals surface area contributed by atoms with Crippen molar-refractivity contribution in [3.8, 4) is 0 Å². The number of carbonyl (C=O) groups excluding carboxylic acids is 1. The molecule has 0 unspecified atom stereocenters. The molecule has 0 bridgehead atoms. The van der Waals surface area contributed by atoms with Gasteiger partial charge < -0.3 is 10.2 Å². The second-order valence-electron chi connectivity index (χ2n) is 8.23. The summed E-state index contributed by atoms with van der Waals surface area (Å²) in [6.07, 6.45) is 2.37. The highest BCUT2D eigenvalue weighted by Crippen LogP contribution is 2.23. The number of rotatable bonds is 3. The normalized spacial score (nSPS) is 15.8. The summed E-state index contributed by atoms with van der Waals surface area (Å²) in [5, 5.41) is 11.3. The molecule has 1 aliphatic rings. The van der Waals surface area contributed by atoms with E-state index in [-0.39, 0.29) is 11.3 Å². The van der Waals surface area contributed by atoms with Gasteiger partial charge in [-0.15, -0.1) is 10.2 Å². The lowest BCUT2D eigenvalue weighted by Crippen LogP contribution is -2.33. The molecule has 1 aromatic carbocycles. The van der Waals surface area contributed by atoms with Crippen molar-refractivity contribution in [2.75, 3.05) is 23.3 Å². The number of hydrogen-bond donors (Lipinski definition) is 1. The number of amides is 1. The van der Waals surface area contributed by atoms with Crippen LogP contribution in [0.25, 0.3) is 0 Å². The molecule has 138 valence electrons. The van der Waals surface area contributed by atoms with Gasteiger partial charge >= 0.3 is 0 Å². The molecule has 1 amide bonds. The molecule has 0 radical (unpaired) electrons. The fourth-order valence-electron chi connectivity index (χ4n) is 3.11. The second kappa shape index (κ2) is 7.44. The maximum absolute atomic E-state index is 12.4. The molecule has 1 fully saturated rings. The lowest BCUT2D eigenvalue weighted by Gasteiger charge is -2.30. The molecule has 1 saturated heterocycles. The van der Waals surface area contributed by atoms with Crippen LogP contribution in [-0.2, 0) is 5.41 Å². The molecule has 1 aromatic heterocycles. The van der Waals surface area contributed by atoms with E-state index in [2.05, 4.69) is 48.1 Å². The zero-order chi connectivity index (χ0) is 18.7. The standard InChI is InChI=1S/C21H28N4O/c1-15-11-13-25(14-12-15)19-10-9-18(23-24-19)22-20(26)16-5-7-17(8-6-16)21(2,3)4/h5-10,15H,11-14H2,1-4H3,(H,22,23,26). The molecule has 2 heterocycles. The SMILES string of the molecule is CC1CCN(c2ccc(NC(=O)c3ccc(C(C)(C)C)cc3)nn2)CC1. The summed E-state index contributed by atoms with van der Waals surface area (Å²) in [7, 11) is 0. The Bertz CT molecular complexity index is 739. The fraction of sp³-hybridized carbons (Fsp3) is 0.476. The minimum atomic E-state index is -0.167. The summed E-state index contributed by atoms with van der Waals surface area (Å²) in [5.74, 6) is 1.97. The van der Waals surface area contributed by atoms with Gasteiger partial charge in [0.2, 0.25) is 0 Å². The molecule has 1 N–H and O–H groups in total. The number of nitrogens with one attached hydrogen (secondary N) is 1. The molecule has 0 atom stereocenters. The number of hydrogen-bond acceptors (Lipinski definition) is 4. The van der Waals surface area contributed by atoms with Crippen molar-refractivity contribution in [3.63, 3.8) is 0 Å². The van der Waals surface area contributed by atoms with Gasteiger partial charge in [0.05, 0.1) is 0 Å². The van der Waals surface area contributed by atoms with Crippen LogP contribution in [0.2, 0.25) is 0 Å². The van der Waals surface area contributed by atoms with Crippen LogP contribution in [-0.4, -0.2) is 29.2 Å². The van der Waals surface area contributed by atoms with Crippen molar-refractivity contribution in [1.29, 1.82) is 0 Å². The van der Waals surface area contributed by atoms with Crippen molar-refractivity contribution in [3.05, 3.63) is 47.5 Å². The van der Waals surface area contributed by atoms with Crippen LogP contribution in [0.3, 0.4) is 0 Å². The summed E-state index contributed by atoms with van der Waals surface area (Å²) in [4.78, 5) is 14.7. The van der Waals surface area contributed by atoms with Gasteiger partial charge in [0.15, 0.2) is 11.6 Å². The van der Waals surface area contributed by atoms with Crippen LogP contribution in [0.5, 0.6) is 0 Å². The Balaban J connectivity index is 1.62. The smallest absolute Gasteiger partial charge is 0.256 e. The first-order valence-electron chi connectivity index (χ1n) is 9.33. The zero-order valence-corrected chi connectivity index (χ0v) is 16.1. The Kier molecular flexibility index (Phi) is 5.25. The number of aromatic nitrogens is 2. The first-order chi connectivity index (χ1) is 12.3. The van der Waals surface area contributed by atoms with E-state index in [0.717, 1.165) is 24.8 Å². The molecule has 1 aliphatic heterocycles. The van der Waals surface area contributed by atoms with Crippen molar-refractivity contribution in [1.82, 2.24) is 10.2 Å². The van der Waals surface area contributed by atoms with Crippen LogP contribution in [0, 0.1) is 5.92 Å². The monoisotopic (exact) mass is 352 g/mol. The Morgan fingerprint density at radius 2 is 1.69 bits per heavy atom. The highest BCUT2D eigenvalue weighted by Gasteiger charge is 2.18. The van der Waals surface area contributed by atoms with Gasteiger partial charge in [-0.05, 0) is 54.0 Å². The van der Waals surface area contributed by atoms with E-state index in [1.54, 1.807) is 0 Å². The van der Waals surface area contributed by atoms with Crippen molar-refractivity contribution < 1.29 is 4.79 Å². The molecule has 5 heteroatoms. The Labute approximate surface area is 155 Å². The van der Waals surface area contributed by atoms with Crippen molar-refractivity contribution in [2.24, 2.45) is 5.92 Å². The van der Waals surface area contributed by atoms with Gasteiger partial charge in [0.1, 0.15) is 0 Å². The van der Waals surface area contributed by atoms with Crippen LogP contribution in [0.1, 0.15) is 56.5 Å². The summed E-state index contributed by atoms with van der Waals surface area (Å²) in [6.45, 7) is 10.8. The van der Waals surface area contributed by atoms with Crippen molar-refractivity contribution in [2.45, 2.75) is 46.0 Å². The van der Waals surface area contributed by atoms with Gasteiger partial charge in [-0.1, -0.05) is 39.8 Å². The highest BCUT2D eigenvalue weighted by atomic mass is 16.1. The van der Waals surface area contributed by atoms with E-state index in [4.69, 9.17) is 0 Å². The van der Waals surface area contributed by atoms with Gasteiger partial charge in [-0.3, -0.25) is 4.79 Å². The molecule has 0 spiro atoms. The number of piperidine rings is 1. The summed E-state index contributed by atoms with van der Waals surface area (Å²) >= 11 is 0. The number of anilines is 2. The summed E-state index contributed by atoms with van der Waals surface area (Å²) in [6, 6.07) is 11.5. The van der Waals surface area contributed by atoms with Crippen LogP contribution in [0.15, 0.2) is 36.4 Å². The molecule has 2 aromatic rings. The third-order valence-electron chi connectivity index (χ3n) is 5.01. The Morgan fingerprint density at radius 1 is 1.04 bits per heavy atom. The van der Waals surface area contributed by atoms with Gasteiger partial charge in [0, 0.05) is 18.7 Å². The fourth-order valence-corrected chi connectivity index (χ4v) is 3.11. The van der Waals surface area contributed by atoms with Gasteiger partial charge in [-0.25, -0.2) is 0 Å². The van der Waals surface area contributed by atoms with E-state index in [1.807, 2.05) is 36.4 Å². The highest BCUT2D eigenvalue weighted by molar-refractivity contribution is 6.03. The molecule has 3 rings (SSSR count). The molecule has 26 heavy (non-hydrogen) atoms. The third-order valence-corrected chi connectivity index (χ3v) is 5.01. The quantitative estimate of drug-likeness (QED) is 0.896. The van der Waals surface area contributed by atoms with Gasteiger partial charge in [0.25, 0.3) is 5.91 Å². The third kappa shape index (κ3) is 4.40. The maximum Gasteiger partial charge on any atom is 0.256 e. The van der Waals surface area contributed by atoms with E-state index < -0.39 is 0 Å². The van der Waals surface area contributed by atoms with Crippen molar-refractivity contribution >= 4 is 17.5 Å². The topological polar surface area (TPSA) is 58.1 Å². The number of carbonyl (C=O) groups is 1. The summed E-state index contributed by atoms with van der Waals surface area (Å²) < 4.78 is 0. The molecule has 0 aliphatic carbocycles. The molecule has 0 saturated carbocycles. The largest absolute Gasteiger partial charge is 0.355 e. The minimum Gasteiger partial charge on any atom is -0.355 e. The predicted octanol–water partition coefficient (Wildman–Crippen LogP) is 4.26. The Morgan fingerprint density at radius 3 is 2.23 bits per heavy atom. The average molecular weight is 352 g/mol. The van der Waals surface area contributed by atoms with E-state index in [9.17, 15) is 4.79 Å². The molecular formula is C21H28N4O. The first kappa shape index (κ1) is 18.4. The number of nitrogens with zero attached hydrogens (tertiary/aromatic N) is 3. The molecular weight excluding hydrogens is 324 g/mol. The lowest BCUT2D eigenvalue weighted by molar-refractivity contribution is 0.102. The lowest BCUT2D eigenvalue weighted by atomic mass is 9.87. The van der Waals surface area contributed by atoms with Gasteiger partial charge in [-0.2, -0.15) is 0 Å². The second-order valence-corrected chi connectivity index (χ2v) is 8.23. The van der Waals surface area contributed by atoms with Crippen LogP contribution < -0.4 is 10.2 Å². The van der Waals surface area contributed by atoms with E-state index in [0.29, 0.717) is 11.4 Å². The van der Waals surface area contributed by atoms with Crippen LogP contribution >= 0.6 is 0 Å². The summed E-state index contributed by atoms with van der Waals surface area (Å²) in [5.41, 5.74) is 1.89. The average Bonchev–Trinajstić information content (AvgIpc) is 2.62. The zero-order valence-electron chi connectivity index (χ0n) is 16.1. The van der Waals surface area contributed by atoms with E-state index >= 15 is 0 Å². The Hall–Kier alpha value is -2.43. The maximum atomic E-state index is 12.4. The van der Waals surface area contributed by atoms with E-state index in [1.165, 1.54) is 18.4 Å². The molecule has 5 nitrogen and oxygen atoms in total. The minimum absolute atomic E-state index is 0.0720. The number of benzene rings is 1. The van der Waals surface area contributed by atoms with Crippen LogP contribution in [0.4, 0.5) is 11.6 Å².